The molecule has 7 atom stereocenters. The number of aliphatic hydroxyl groups excluding tert-OH is 1. The van der Waals surface area contributed by atoms with E-state index in [4.69, 9.17) is 4.42 Å². The highest BCUT2D eigenvalue weighted by atomic mass is 16.3. The Balaban J connectivity index is 1.45. The van der Waals surface area contributed by atoms with Gasteiger partial charge in [0.1, 0.15) is 11.5 Å². The fourth-order valence-electron chi connectivity index (χ4n) is 8.01. The molecule has 5 unspecified atom stereocenters. The van der Waals surface area contributed by atoms with Gasteiger partial charge in [0, 0.05) is 5.41 Å². The molecule has 27 heavy (non-hydrogen) atoms. The molecule has 4 aliphatic carbocycles. The van der Waals surface area contributed by atoms with Crippen LogP contribution in [0.1, 0.15) is 83.2 Å². The van der Waals surface area contributed by atoms with Crippen LogP contribution in [-0.4, -0.2) is 11.2 Å². The molecule has 5 rings (SSSR count). The molecule has 1 heterocycles. The largest absolute Gasteiger partial charge is 0.462 e. The van der Waals surface area contributed by atoms with Crippen molar-refractivity contribution in [2.45, 2.75) is 84.7 Å². The Morgan fingerprint density at radius 2 is 1.85 bits per heavy atom. The molecule has 1 N–H and O–H groups in total. The van der Waals surface area contributed by atoms with Gasteiger partial charge in [0.25, 0.3) is 0 Å². The predicted octanol–water partition coefficient (Wildman–Crippen LogP) is 6.38. The maximum Gasteiger partial charge on any atom is 0.127 e. The van der Waals surface area contributed by atoms with Crippen molar-refractivity contribution in [1.29, 1.82) is 0 Å². The summed E-state index contributed by atoms with van der Waals surface area (Å²) < 4.78 is 5.79. The Labute approximate surface area is 164 Å². The molecular weight excluding hydrogens is 332 g/mol. The minimum Gasteiger partial charge on any atom is -0.462 e. The first-order valence-electron chi connectivity index (χ1n) is 11.4. The molecule has 0 radical (unpaired) electrons. The normalized spacial score (nSPS) is 48.1. The molecule has 1 aromatic heterocycles. The number of hydrogen-bond donors (Lipinski definition) is 1. The third-order valence-corrected chi connectivity index (χ3v) is 9.54. The van der Waals surface area contributed by atoms with Gasteiger partial charge in [-0.2, -0.15) is 0 Å². The van der Waals surface area contributed by atoms with Crippen LogP contribution in [0.2, 0.25) is 0 Å². The molecular formula is C25H36O2. The van der Waals surface area contributed by atoms with Crippen molar-refractivity contribution >= 4 is 6.08 Å². The Hall–Kier alpha value is -1.02. The summed E-state index contributed by atoms with van der Waals surface area (Å²) in [6.45, 7) is 6.99. The van der Waals surface area contributed by atoms with Crippen LogP contribution in [0.3, 0.4) is 0 Å². The van der Waals surface area contributed by atoms with E-state index < -0.39 is 0 Å². The van der Waals surface area contributed by atoms with Gasteiger partial charge in [-0.3, -0.25) is 0 Å². The first-order chi connectivity index (χ1) is 12.9. The highest BCUT2D eigenvalue weighted by Crippen LogP contribution is 2.67. The first-order valence-corrected chi connectivity index (χ1v) is 11.4. The Morgan fingerprint density at radius 3 is 2.63 bits per heavy atom. The van der Waals surface area contributed by atoms with E-state index in [0.29, 0.717) is 11.3 Å². The van der Waals surface area contributed by atoms with E-state index in [2.05, 4.69) is 19.9 Å². The molecule has 0 bridgehead atoms. The van der Waals surface area contributed by atoms with E-state index in [9.17, 15) is 5.11 Å². The molecule has 148 valence electrons. The highest BCUT2D eigenvalue weighted by Gasteiger charge is 2.60. The van der Waals surface area contributed by atoms with Gasteiger partial charge in [-0.05, 0) is 105 Å². The SMILES string of the molecule is Cc1ccc(/C=C2/CC3C4CCC5CCCC[C@@]5(C)C4CC[C@@]3(C)C2O)o1. The molecule has 4 fully saturated rings. The van der Waals surface area contributed by atoms with Crippen molar-refractivity contribution in [2.75, 3.05) is 0 Å². The number of aryl methyl sites for hydroxylation is 1. The van der Waals surface area contributed by atoms with E-state index >= 15 is 0 Å². The molecule has 0 aliphatic heterocycles. The zero-order valence-corrected chi connectivity index (χ0v) is 17.3. The van der Waals surface area contributed by atoms with Crippen molar-refractivity contribution in [1.82, 2.24) is 0 Å². The van der Waals surface area contributed by atoms with Gasteiger partial charge in [-0.15, -0.1) is 0 Å². The molecule has 4 aliphatic rings. The summed E-state index contributed by atoms with van der Waals surface area (Å²) >= 11 is 0. The van der Waals surface area contributed by atoms with Crippen molar-refractivity contribution in [3.8, 4) is 0 Å². The molecule has 0 amide bonds. The zero-order valence-electron chi connectivity index (χ0n) is 17.3. The topological polar surface area (TPSA) is 33.4 Å². The first kappa shape index (κ1) is 18.0. The van der Waals surface area contributed by atoms with Crippen LogP contribution in [0, 0.1) is 41.4 Å². The van der Waals surface area contributed by atoms with Crippen molar-refractivity contribution in [3.05, 3.63) is 29.2 Å². The summed E-state index contributed by atoms with van der Waals surface area (Å²) in [7, 11) is 0. The Kier molecular flexibility index (Phi) is 4.17. The number of aliphatic hydroxyl groups is 1. The lowest BCUT2D eigenvalue weighted by Crippen LogP contribution is -2.53. The lowest BCUT2D eigenvalue weighted by atomic mass is 9.45. The van der Waals surface area contributed by atoms with Crippen molar-refractivity contribution in [2.24, 2.45) is 34.5 Å². The van der Waals surface area contributed by atoms with Gasteiger partial charge in [0.15, 0.2) is 0 Å². The second-order valence-corrected chi connectivity index (χ2v) is 10.7. The summed E-state index contributed by atoms with van der Waals surface area (Å²) in [6, 6.07) is 4.06. The van der Waals surface area contributed by atoms with E-state index in [0.717, 1.165) is 35.7 Å². The monoisotopic (exact) mass is 368 g/mol. The van der Waals surface area contributed by atoms with Crippen LogP contribution >= 0.6 is 0 Å². The second kappa shape index (κ2) is 6.24. The van der Waals surface area contributed by atoms with Crippen LogP contribution in [0.15, 0.2) is 22.1 Å². The standard InChI is InChI=1S/C25H36O2/c1-16-7-9-19(27-16)14-17-15-22-20-10-8-18-6-4-5-12-24(18,2)21(20)11-13-25(22,3)23(17)26/h7,9,14,18,20-23,26H,4-6,8,10-13,15H2,1-3H3/b17-14-/t18?,20?,21?,22?,23?,24-,25-/m1/s1. The van der Waals surface area contributed by atoms with E-state index in [-0.39, 0.29) is 11.5 Å². The van der Waals surface area contributed by atoms with Gasteiger partial charge < -0.3 is 9.52 Å². The average Bonchev–Trinajstić information content (AvgIpc) is 3.16. The van der Waals surface area contributed by atoms with E-state index in [1.165, 1.54) is 56.9 Å². The van der Waals surface area contributed by atoms with E-state index in [1.807, 2.05) is 19.1 Å². The third kappa shape index (κ3) is 2.62. The number of furan rings is 1. The fraction of sp³-hybridized carbons (Fsp3) is 0.760. The van der Waals surface area contributed by atoms with Crippen LogP contribution in [0.25, 0.3) is 6.08 Å². The number of rotatable bonds is 1. The quantitative estimate of drug-likeness (QED) is 0.624. The molecule has 1 aromatic rings. The van der Waals surface area contributed by atoms with Gasteiger partial charge in [0.2, 0.25) is 0 Å². The lowest BCUT2D eigenvalue weighted by Gasteiger charge is -2.60. The molecule has 2 heteroatoms. The Bertz CT molecular complexity index is 745. The second-order valence-electron chi connectivity index (χ2n) is 10.7. The lowest BCUT2D eigenvalue weighted by molar-refractivity contribution is -0.119. The molecule has 0 spiro atoms. The number of fused-ring (bicyclic) bond motifs is 5. The smallest absolute Gasteiger partial charge is 0.127 e. The summed E-state index contributed by atoms with van der Waals surface area (Å²) in [5.74, 6) is 5.15. The van der Waals surface area contributed by atoms with Gasteiger partial charge in [-0.25, -0.2) is 0 Å². The summed E-state index contributed by atoms with van der Waals surface area (Å²) in [5, 5.41) is 11.3. The van der Waals surface area contributed by atoms with Gasteiger partial charge in [0.05, 0.1) is 6.10 Å². The highest BCUT2D eigenvalue weighted by molar-refractivity contribution is 5.51. The zero-order chi connectivity index (χ0) is 18.8. The van der Waals surface area contributed by atoms with Crippen molar-refractivity contribution < 1.29 is 9.52 Å². The molecule has 0 saturated heterocycles. The van der Waals surface area contributed by atoms with Crippen LogP contribution < -0.4 is 0 Å². The van der Waals surface area contributed by atoms with Crippen LogP contribution in [-0.2, 0) is 0 Å². The van der Waals surface area contributed by atoms with Gasteiger partial charge >= 0.3 is 0 Å². The average molecular weight is 369 g/mol. The van der Waals surface area contributed by atoms with Crippen LogP contribution in [0.4, 0.5) is 0 Å². The minimum atomic E-state index is -0.300. The summed E-state index contributed by atoms with van der Waals surface area (Å²) in [6.07, 6.45) is 14.0. The van der Waals surface area contributed by atoms with Crippen LogP contribution in [0.5, 0.6) is 0 Å². The van der Waals surface area contributed by atoms with Crippen molar-refractivity contribution in [3.63, 3.8) is 0 Å². The molecule has 2 nitrogen and oxygen atoms in total. The predicted molar refractivity (Wildman–Crippen MR) is 109 cm³/mol. The maximum atomic E-state index is 11.3. The maximum absolute atomic E-state index is 11.3. The van der Waals surface area contributed by atoms with Gasteiger partial charge in [-0.1, -0.05) is 26.7 Å². The summed E-state index contributed by atoms with van der Waals surface area (Å²) in [4.78, 5) is 0. The molecule has 4 saturated carbocycles. The third-order valence-electron chi connectivity index (χ3n) is 9.54. The number of hydrogen-bond acceptors (Lipinski definition) is 2. The minimum absolute atomic E-state index is 0.0620. The molecule has 0 aromatic carbocycles. The fourth-order valence-corrected chi connectivity index (χ4v) is 8.01. The summed E-state index contributed by atoms with van der Waals surface area (Å²) in [5.41, 5.74) is 1.85. The van der Waals surface area contributed by atoms with E-state index in [1.54, 1.807) is 0 Å². The Morgan fingerprint density at radius 1 is 1.00 bits per heavy atom.